The van der Waals surface area contributed by atoms with Gasteiger partial charge in [0.2, 0.25) is 5.91 Å². The Bertz CT molecular complexity index is 1430. The highest BCUT2D eigenvalue weighted by molar-refractivity contribution is 6.00. The average molecular weight is 538 g/mol. The van der Waals surface area contributed by atoms with Crippen LogP contribution >= 0.6 is 0 Å². The van der Waals surface area contributed by atoms with Crippen molar-refractivity contribution in [3.05, 3.63) is 138 Å². The van der Waals surface area contributed by atoms with Gasteiger partial charge in [0.15, 0.2) is 0 Å². The molecule has 198 valence electrons. The van der Waals surface area contributed by atoms with Crippen molar-refractivity contribution in [2.45, 2.75) is 12.4 Å². The van der Waals surface area contributed by atoms with E-state index in [9.17, 15) is 31.1 Å². The molecule has 0 saturated heterocycles. The molecule has 1 amide bonds. The lowest BCUT2D eigenvalue weighted by Gasteiger charge is -2.12. The maximum absolute atomic E-state index is 13.0. The molecule has 1 aromatic heterocycles. The Balaban J connectivity index is 1.58. The number of anilines is 1. The number of pyridine rings is 1. The number of amides is 1. The second-order valence-electron chi connectivity index (χ2n) is 8.40. The van der Waals surface area contributed by atoms with E-state index in [1.807, 2.05) is 12.1 Å². The molecule has 0 aliphatic carbocycles. The van der Waals surface area contributed by atoms with Crippen molar-refractivity contribution in [3.8, 4) is 11.1 Å². The van der Waals surface area contributed by atoms with Gasteiger partial charge in [0.05, 0.1) is 11.1 Å². The van der Waals surface area contributed by atoms with E-state index < -0.39 is 29.4 Å². The van der Waals surface area contributed by atoms with Crippen molar-refractivity contribution in [3.63, 3.8) is 0 Å². The zero-order valence-corrected chi connectivity index (χ0v) is 20.1. The van der Waals surface area contributed by atoms with Crippen LogP contribution in [0.15, 0.2) is 116 Å². The number of carbonyl (C=O) groups excluding carboxylic acids is 1. The van der Waals surface area contributed by atoms with Gasteiger partial charge < -0.3 is 5.32 Å². The number of carbonyl (C=O) groups is 1. The summed E-state index contributed by atoms with van der Waals surface area (Å²) in [5.41, 5.74) is 1.51. The van der Waals surface area contributed by atoms with Crippen LogP contribution in [-0.4, -0.2) is 10.9 Å². The molecule has 9 heteroatoms. The molecule has 4 rings (SSSR count). The number of allylic oxidation sites excluding steroid dienone is 2. The molecular weight excluding hydrogens is 518 g/mol. The highest BCUT2D eigenvalue weighted by Crippen LogP contribution is 2.33. The summed E-state index contributed by atoms with van der Waals surface area (Å²) in [7, 11) is 0. The third-order valence-electron chi connectivity index (χ3n) is 5.68. The number of rotatable bonds is 6. The Kier molecular flexibility index (Phi) is 7.99. The van der Waals surface area contributed by atoms with Crippen LogP contribution in [0.3, 0.4) is 0 Å². The van der Waals surface area contributed by atoms with Gasteiger partial charge in [-0.3, -0.25) is 9.78 Å². The Morgan fingerprint density at radius 1 is 0.718 bits per heavy atom. The first kappa shape index (κ1) is 27.4. The Morgan fingerprint density at radius 2 is 1.28 bits per heavy atom. The van der Waals surface area contributed by atoms with Crippen LogP contribution in [0.2, 0.25) is 0 Å². The number of alkyl halides is 6. The largest absolute Gasteiger partial charge is 0.416 e. The third-order valence-corrected chi connectivity index (χ3v) is 5.68. The number of hydrogen-bond acceptors (Lipinski definition) is 2. The number of benzene rings is 3. The molecule has 3 nitrogen and oxygen atoms in total. The maximum Gasteiger partial charge on any atom is 0.416 e. The minimum Gasteiger partial charge on any atom is -0.322 e. The summed E-state index contributed by atoms with van der Waals surface area (Å²) < 4.78 is 78.1. The highest BCUT2D eigenvalue weighted by Gasteiger charge is 2.31. The molecule has 0 radical (unpaired) electrons. The van der Waals surface area contributed by atoms with E-state index in [1.54, 1.807) is 36.7 Å². The van der Waals surface area contributed by atoms with Crippen LogP contribution in [0.25, 0.3) is 16.7 Å². The first-order valence-electron chi connectivity index (χ1n) is 11.6. The fraction of sp³-hybridized carbons (Fsp3) is 0.0667. The van der Waals surface area contributed by atoms with Crippen molar-refractivity contribution in [2.75, 3.05) is 5.32 Å². The van der Waals surface area contributed by atoms with Gasteiger partial charge in [-0.15, -0.1) is 0 Å². The van der Waals surface area contributed by atoms with E-state index in [2.05, 4.69) is 10.3 Å². The molecule has 0 fully saturated rings. The summed E-state index contributed by atoms with van der Waals surface area (Å²) in [5.74, 6) is -0.478. The number of halogens is 6. The van der Waals surface area contributed by atoms with Crippen LogP contribution in [0.1, 0.15) is 22.3 Å². The molecule has 1 heterocycles. The lowest BCUT2D eigenvalue weighted by atomic mass is 9.95. The van der Waals surface area contributed by atoms with Crippen LogP contribution < -0.4 is 5.32 Å². The fourth-order valence-electron chi connectivity index (χ4n) is 3.76. The molecule has 0 atom stereocenters. The standard InChI is InChI=1S/C30H20F6N2O/c31-29(32,33)24-13-9-20(10-14-24)27(21-11-15-25(16-12-21)30(34,35)36)7-2-8-28(39)38-26-6-1-4-22(18-26)23-5-3-17-37-19-23/h1-19H,(H,38,39). The predicted octanol–water partition coefficient (Wildman–Crippen LogP) is 8.41. The van der Waals surface area contributed by atoms with Crippen LogP contribution in [0.4, 0.5) is 32.0 Å². The molecule has 0 unspecified atom stereocenters. The zero-order chi connectivity index (χ0) is 28.0. The molecule has 0 bridgehead atoms. The van der Waals surface area contributed by atoms with E-state index in [-0.39, 0.29) is 0 Å². The van der Waals surface area contributed by atoms with E-state index >= 15 is 0 Å². The SMILES string of the molecule is O=C(C=CC=C(c1ccc(C(F)(F)F)cc1)c1ccc(C(F)(F)F)cc1)Nc1cccc(-c2cccnc2)c1. The summed E-state index contributed by atoms with van der Waals surface area (Å²) in [6.07, 6.45) is -1.69. The van der Waals surface area contributed by atoms with Gasteiger partial charge in [-0.1, -0.05) is 54.6 Å². The van der Waals surface area contributed by atoms with Gasteiger partial charge in [-0.2, -0.15) is 26.3 Å². The molecule has 0 aliphatic rings. The molecular formula is C30H20F6N2O. The van der Waals surface area contributed by atoms with Crippen molar-refractivity contribution in [2.24, 2.45) is 0 Å². The molecule has 0 saturated carbocycles. The summed E-state index contributed by atoms with van der Waals surface area (Å²) in [4.78, 5) is 16.6. The summed E-state index contributed by atoms with van der Waals surface area (Å²) in [5, 5.41) is 2.73. The number of aromatic nitrogens is 1. The van der Waals surface area contributed by atoms with Crippen molar-refractivity contribution in [1.82, 2.24) is 4.98 Å². The summed E-state index contributed by atoms with van der Waals surface area (Å²) in [6, 6.07) is 19.2. The third kappa shape index (κ3) is 7.22. The van der Waals surface area contributed by atoms with E-state index in [0.29, 0.717) is 22.4 Å². The number of nitrogens with one attached hydrogen (secondary N) is 1. The Labute approximate surface area is 220 Å². The monoisotopic (exact) mass is 538 g/mol. The average Bonchev–Trinajstić information content (AvgIpc) is 2.91. The molecule has 0 aliphatic heterocycles. The predicted molar refractivity (Wildman–Crippen MR) is 137 cm³/mol. The second-order valence-corrected chi connectivity index (χ2v) is 8.40. The second kappa shape index (κ2) is 11.4. The van der Waals surface area contributed by atoms with Gasteiger partial charge in [0.1, 0.15) is 0 Å². The van der Waals surface area contributed by atoms with Crippen molar-refractivity contribution < 1.29 is 31.1 Å². The van der Waals surface area contributed by atoms with E-state index in [4.69, 9.17) is 0 Å². The van der Waals surface area contributed by atoms with Gasteiger partial charge in [0, 0.05) is 29.7 Å². The van der Waals surface area contributed by atoms with Gasteiger partial charge >= 0.3 is 12.4 Å². The van der Waals surface area contributed by atoms with Crippen molar-refractivity contribution in [1.29, 1.82) is 0 Å². The molecule has 39 heavy (non-hydrogen) atoms. The molecule has 0 spiro atoms. The Hall–Kier alpha value is -4.66. The minimum absolute atomic E-state index is 0.331. The summed E-state index contributed by atoms with van der Waals surface area (Å²) >= 11 is 0. The maximum atomic E-state index is 13.0. The highest BCUT2D eigenvalue weighted by atomic mass is 19.4. The quantitative estimate of drug-likeness (QED) is 0.152. The fourth-order valence-corrected chi connectivity index (χ4v) is 3.76. The molecule has 1 N–H and O–H groups in total. The van der Waals surface area contributed by atoms with E-state index in [0.717, 1.165) is 35.4 Å². The normalized spacial score (nSPS) is 11.8. The van der Waals surface area contributed by atoms with Crippen LogP contribution in [0, 0.1) is 0 Å². The number of hydrogen-bond donors (Lipinski definition) is 1. The lowest BCUT2D eigenvalue weighted by Crippen LogP contribution is -2.07. The molecule has 3 aromatic carbocycles. The van der Waals surface area contributed by atoms with Crippen LogP contribution in [-0.2, 0) is 17.1 Å². The van der Waals surface area contributed by atoms with Crippen molar-refractivity contribution >= 4 is 17.2 Å². The van der Waals surface area contributed by atoms with Crippen LogP contribution in [0.5, 0.6) is 0 Å². The smallest absolute Gasteiger partial charge is 0.322 e. The Morgan fingerprint density at radius 3 is 1.79 bits per heavy atom. The molecule has 4 aromatic rings. The zero-order valence-electron chi connectivity index (χ0n) is 20.1. The topological polar surface area (TPSA) is 42.0 Å². The van der Waals surface area contributed by atoms with Gasteiger partial charge in [0.25, 0.3) is 0 Å². The first-order valence-corrected chi connectivity index (χ1v) is 11.6. The van der Waals surface area contributed by atoms with Gasteiger partial charge in [-0.05, 0) is 64.7 Å². The van der Waals surface area contributed by atoms with Gasteiger partial charge in [-0.25, -0.2) is 0 Å². The lowest BCUT2D eigenvalue weighted by molar-refractivity contribution is -0.138. The minimum atomic E-state index is -4.54. The van der Waals surface area contributed by atoms with E-state index in [1.165, 1.54) is 42.5 Å². The first-order chi connectivity index (χ1) is 18.5. The summed E-state index contributed by atoms with van der Waals surface area (Å²) in [6.45, 7) is 0. The number of nitrogens with zero attached hydrogens (tertiary/aromatic N) is 1.